The van der Waals surface area contributed by atoms with Gasteiger partial charge in [-0.05, 0) is 45.6 Å². The molecule has 1 aromatic rings. The van der Waals surface area contributed by atoms with Crippen molar-refractivity contribution in [1.29, 1.82) is 0 Å². The molecule has 1 amide bonds. The third-order valence-corrected chi connectivity index (χ3v) is 6.43. The van der Waals surface area contributed by atoms with E-state index in [2.05, 4.69) is 16.8 Å². The number of amides is 1. The number of rotatable bonds is 7. The third-order valence-electron chi connectivity index (χ3n) is 6.43. The molecule has 1 atom stereocenters. The number of aromatic amines is 1. The average molecular weight is 406 g/mol. The molecular formula is C21H35N5O3. The van der Waals surface area contributed by atoms with E-state index in [4.69, 9.17) is 5.73 Å². The lowest BCUT2D eigenvalue weighted by molar-refractivity contribution is -0.121. The van der Waals surface area contributed by atoms with Crippen LogP contribution in [0.25, 0.3) is 0 Å². The molecule has 2 heterocycles. The van der Waals surface area contributed by atoms with Gasteiger partial charge in [-0.1, -0.05) is 32.6 Å². The molecule has 0 aromatic carbocycles. The molecule has 3 N–H and O–H groups in total. The molecule has 8 heteroatoms. The lowest BCUT2D eigenvalue weighted by atomic mass is 10.0. The van der Waals surface area contributed by atoms with E-state index in [0.717, 1.165) is 57.9 Å². The number of piperidine rings is 1. The van der Waals surface area contributed by atoms with E-state index in [1.54, 1.807) is 4.90 Å². The summed E-state index contributed by atoms with van der Waals surface area (Å²) >= 11 is 0. The van der Waals surface area contributed by atoms with Gasteiger partial charge in [-0.25, -0.2) is 4.79 Å². The van der Waals surface area contributed by atoms with Gasteiger partial charge >= 0.3 is 5.69 Å². The Labute approximate surface area is 172 Å². The van der Waals surface area contributed by atoms with Gasteiger partial charge in [0.05, 0.1) is 6.54 Å². The van der Waals surface area contributed by atoms with Crippen molar-refractivity contribution in [3.8, 4) is 0 Å². The van der Waals surface area contributed by atoms with Crippen molar-refractivity contribution in [2.45, 2.75) is 90.3 Å². The van der Waals surface area contributed by atoms with E-state index in [1.807, 2.05) is 6.92 Å². The van der Waals surface area contributed by atoms with Crippen LogP contribution in [0.1, 0.15) is 71.6 Å². The number of hydrogen-bond donors (Lipinski definition) is 2. The minimum atomic E-state index is -0.563. The van der Waals surface area contributed by atoms with E-state index in [1.165, 1.54) is 11.0 Å². The Hall–Kier alpha value is -2.09. The fourth-order valence-electron chi connectivity index (χ4n) is 4.66. The molecule has 1 aliphatic carbocycles. The van der Waals surface area contributed by atoms with Crippen LogP contribution in [-0.2, 0) is 11.3 Å². The second-order valence-electron chi connectivity index (χ2n) is 8.52. The van der Waals surface area contributed by atoms with Crippen molar-refractivity contribution in [3.05, 3.63) is 20.8 Å². The first-order chi connectivity index (χ1) is 13.9. The highest BCUT2D eigenvalue weighted by Crippen LogP contribution is 2.30. The van der Waals surface area contributed by atoms with Crippen molar-refractivity contribution < 1.29 is 4.79 Å². The summed E-state index contributed by atoms with van der Waals surface area (Å²) in [7, 11) is 0. The van der Waals surface area contributed by atoms with E-state index < -0.39 is 11.2 Å². The maximum atomic E-state index is 13.4. The first kappa shape index (κ1) is 21.6. The minimum Gasteiger partial charge on any atom is -0.383 e. The summed E-state index contributed by atoms with van der Waals surface area (Å²) in [6.45, 7) is 5.79. The summed E-state index contributed by atoms with van der Waals surface area (Å²) in [5.74, 6) is 0.0164. The Morgan fingerprint density at radius 1 is 1.17 bits per heavy atom. The molecule has 162 valence electrons. The molecule has 0 radical (unpaired) electrons. The number of hydrogen-bond acceptors (Lipinski definition) is 5. The molecule has 0 bridgehead atoms. The zero-order valence-corrected chi connectivity index (χ0v) is 17.8. The largest absolute Gasteiger partial charge is 0.383 e. The van der Waals surface area contributed by atoms with Gasteiger partial charge < -0.3 is 10.6 Å². The number of nitrogens with one attached hydrogen (secondary N) is 1. The number of H-pyrrole nitrogens is 1. The number of carbonyl (C=O) groups is 1. The summed E-state index contributed by atoms with van der Waals surface area (Å²) in [5, 5.41) is 0. The molecule has 2 fully saturated rings. The number of aromatic nitrogens is 2. The maximum absolute atomic E-state index is 13.4. The van der Waals surface area contributed by atoms with Gasteiger partial charge in [-0.2, -0.15) is 0 Å². The molecule has 1 saturated carbocycles. The minimum absolute atomic E-state index is 0.0388. The quantitative estimate of drug-likeness (QED) is 0.723. The Balaban J connectivity index is 1.97. The number of likely N-dealkylation sites (tertiary alicyclic amines) is 1. The summed E-state index contributed by atoms with van der Waals surface area (Å²) in [4.78, 5) is 44.8. The Morgan fingerprint density at radius 3 is 2.52 bits per heavy atom. The van der Waals surface area contributed by atoms with Gasteiger partial charge in [0.2, 0.25) is 5.91 Å². The van der Waals surface area contributed by atoms with Crippen molar-refractivity contribution in [3.63, 3.8) is 0 Å². The molecule has 3 rings (SSSR count). The van der Waals surface area contributed by atoms with Gasteiger partial charge in [0, 0.05) is 18.6 Å². The zero-order chi connectivity index (χ0) is 21.0. The van der Waals surface area contributed by atoms with Crippen LogP contribution >= 0.6 is 0 Å². The van der Waals surface area contributed by atoms with Crippen molar-refractivity contribution in [2.24, 2.45) is 0 Å². The number of unbranched alkanes of at least 4 members (excludes halogenated alkanes) is 1. The number of nitrogen functional groups attached to an aromatic ring is 1. The molecule has 1 saturated heterocycles. The predicted molar refractivity (Wildman–Crippen MR) is 115 cm³/mol. The lowest BCUT2D eigenvalue weighted by Crippen LogP contribution is -2.51. The second kappa shape index (κ2) is 9.61. The first-order valence-electron chi connectivity index (χ1n) is 11.1. The number of anilines is 2. The van der Waals surface area contributed by atoms with Gasteiger partial charge in [-0.15, -0.1) is 0 Å². The molecule has 1 aliphatic heterocycles. The maximum Gasteiger partial charge on any atom is 0.330 e. The van der Waals surface area contributed by atoms with Crippen LogP contribution < -0.4 is 21.9 Å². The van der Waals surface area contributed by atoms with Crippen LogP contribution in [0.3, 0.4) is 0 Å². The van der Waals surface area contributed by atoms with Gasteiger partial charge in [0.15, 0.2) is 5.69 Å². The van der Waals surface area contributed by atoms with E-state index in [9.17, 15) is 14.4 Å². The topological polar surface area (TPSA) is 104 Å². The van der Waals surface area contributed by atoms with Crippen molar-refractivity contribution in [1.82, 2.24) is 14.5 Å². The van der Waals surface area contributed by atoms with Crippen LogP contribution in [0.4, 0.5) is 11.5 Å². The summed E-state index contributed by atoms with van der Waals surface area (Å²) in [5.41, 5.74) is 5.41. The zero-order valence-electron chi connectivity index (χ0n) is 17.8. The summed E-state index contributed by atoms with van der Waals surface area (Å²) < 4.78 is 1.40. The Kier molecular flexibility index (Phi) is 7.16. The lowest BCUT2D eigenvalue weighted by Gasteiger charge is -2.36. The molecule has 29 heavy (non-hydrogen) atoms. The molecule has 2 aliphatic rings. The fourth-order valence-corrected chi connectivity index (χ4v) is 4.66. The smallest absolute Gasteiger partial charge is 0.330 e. The summed E-state index contributed by atoms with van der Waals surface area (Å²) in [6, 6.07) is 0.315. The highest BCUT2D eigenvalue weighted by atomic mass is 16.2. The van der Waals surface area contributed by atoms with Gasteiger partial charge in [-0.3, -0.25) is 24.0 Å². The third kappa shape index (κ3) is 4.74. The van der Waals surface area contributed by atoms with Crippen LogP contribution in [0.2, 0.25) is 0 Å². The van der Waals surface area contributed by atoms with Crippen molar-refractivity contribution in [2.75, 3.05) is 23.7 Å². The SMILES string of the molecule is CCCCn1c(N)c(N(C(=O)CN2CCCC[C@H]2C)C2CCCC2)c(=O)[nH]c1=O. The van der Waals surface area contributed by atoms with Gasteiger partial charge in [0.1, 0.15) is 5.82 Å². The van der Waals surface area contributed by atoms with E-state index in [0.29, 0.717) is 12.6 Å². The van der Waals surface area contributed by atoms with Crippen LogP contribution in [-0.4, -0.2) is 45.5 Å². The summed E-state index contributed by atoms with van der Waals surface area (Å²) in [6.07, 6.45) is 8.81. The molecule has 1 aromatic heterocycles. The average Bonchev–Trinajstić information content (AvgIpc) is 3.20. The van der Waals surface area contributed by atoms with E-state index >= 15 is 0 Å². The number of carbonyl (C=O) groups excluding carboxylic acids is 1. The standard InChI is InChI=1S/C21H35N5O3/c1-3-4-13-25-19(22)18(20(28)23-21(25)29)26(16-10-5-6-11-16)17(27)14-24-12-8-7-9-15(24)2/h15-16H,3-14,22H2,1-2H3,(H,23,28,29)/t15-/m1/s1. The Morgan fingerprint density at radius 2 is 1.86 bits per heavy atom. The Bertz CT molecular complexity index is 825. The van der Waals surface area contributed by atoms with Crippen molar-refractivity contribution >= 4 is 17.4 Å². The first-order valence-corrected chi connectivity index (χ1v) is 11.1. The number of nitrogens with two attached hydrogens (primary N) is 1. The normalized spacial score (nSPS) is 20.8. The number of nitrogens with zero attached hydrogens (tertiary/aromatic N) is 3. The highest BCUT2D eigenvalue weighted by molar-refractivity contribution is 5.97. The molecular weight excluding hydrogens is 370 g/mol. The predicted octanol–water partition coefficient (Wildman–Crippen LogP) is 2.07. The monoisotopic (exact) mass is 405 g/mol. The second-order valence-corrected chi connectivity index (χ2v) is 8.52. The molecule has 0 unspecified atom stereocenters. The molecule has 8 nitrogen and oxygen atoms in total. The van der Waals surface area contributed by atoms with Gasteiger partial charge in [0.25, 0.3) is 5.56 Å². The van der Waals surface area contributed by atoms with Crippen LogP contribution in [0.15, 0.2) is 9.59 Å². The fraction of sp³-hybridized carbons (Fsp3) is 0.762. The highest BCUT2D eigenvalue weighted by Gasteiger charge is 2.34. The van der Waals surface area contributed by atoms with E-state index in [-0.39, 0.29) is 30.0 Å². The van der Waals surface area contributed by atoms with Crippen LogP contribution in [0, 0.1) is 0 Å². The molecule has 0 spiro atoms. The van der Waals surface area contributed by atoms with Crippen LogP contribution in [0.5, 0.6) is 0 Å².